The van der Waals surface area contributed by atoms with Gasteiger partial charge in [-0.2, -0.15) is 0 Å². The number of benzene rings is 2. The second-order valence-corrected chi connectivity index (χ2v) is 6.15. The van der Waals surface area contributed by atoms with Gasteiger partial charge in [0.1, 0.15) is 22.7 Å². The van der Waals surface area contributed by atoms with Gasteiger partial charge in [-0.25, -0.2) is 4.79 Å². The van der Waals surface area contributed by atoms with Gasteiger partial charge >= 0.3 is 5.97 Å². The Labute approximate surface area is 154 Å². The van der Waals surface area contributed by atoms with Gasteiger partial charge in [0.05, 0.1) is 6.04 Å². The molecule has 26 heavy (non-hydrogen) atoms. The molecule has 2 N–H and O–H groups in total. The van der Waals surface area contributed by atoms with E-state index in [-0.39, 0.29) is 16.3 Å². The van der Waals surface area contributed by atoms with E-state index in [9.17, 15) is 14.7 Å². The number of para-hydroxylation sites is 1. The molecule has 3 aromatic rings. The van der Waals surface area contributed by atoms with Crippen molar-refractivity contribution in [3.63, 3.8) is 0 Å². The molecule has 0 fully saturated rings. The van der Waals surface area contributed by atoms with Crippen molar-refractivity contribution in [3.8, 4) is 5.75 Å². The van der Waals surface area contributed by atoms with Crippen LogP contribution in [0.5, 0.6) is 5.75 Å². The minimum atomic E-state index is -0.837. The largest absolute Gasteiger partial charge is 0.507 e. The van der Waals surface area contributed by atoms with Crippen LogP contribution in [0.4, 0.5) is 0 Å². The molecular weight excluding hydrogens is 358 g/mol. The van der Waals surface area contributed by atoms with E-state index in [2.05, 4.69) is 5.32 Å². The summed E-state index contributed by atoms with van der Waals surface area (Å²) >= 11 is 5.79. The molecule has 0 radical (unpaired) electrons. The quantitative estimate of drug-likeness (QED) is 0.663. The zero-order valence-electron chi connectivity index (χ0n) is 13.9. The van der Waals surface area contributed by atoms with Crippen LogP contribution in [-0.4, -0.2) is 23.6 Å². The monoisotopic (exact) mass is 373 g/mol. The van der Waals surface area contributed by atoms with E-state index in [0.29, 0.717) is 5.76 Å². The van der Waals surface area contributed by atoms with Gasteiger partial charge < -0.3 is 19.6 Å². The molecular formula is C19H16ClNO5. The molecule has 6 nitrogen and oxygen atoms in total. The Morgan fingerprint density at radius 3 is 2.77 bits per heavy atom. The van der Waals surface area contributed by atoms with Gasteiger partial charge in [-0.3, -0.25) is 4.79 Å². The smallest absolute Gasteiger partial charge is 0.342 e. The normalized spacial score (nSPS) is 11.9. The van der Waals surface area contributed by atoms with Crippen molar-refractivity contribution < 1.29 is 23.8 Å². The number of phenolic OH excluding ortho intramolecular Hbond substituents is 1. The number of halogens is 1. The lowest BCUT2D eigenvalue weighted by Crippen LogP contribution is -2.31. The number of phenols is 1. The van der Waals surface area contributed by atoms with Gasteiger partial charge in [0.2, 0.25) is 0 Å². The van der Waals surface area contributed by atoms with Crippen LogP contribution in [0, 0.1) is 0 Å². The van der Waals surface area contributed by atoms with Gasteiger partial charge in [-0.1, -0.05) is 29.8 Å². The summed E-state index contributed by atoms with van der Waals surface area (Å²) in [6.45, 7) is 1.27. The number of rotatable bonds is 5. The Morgan fingerprint density at radius 1 is 1.23 bits per heavy atom. The maximum atomic E-state index is 12.0. The lowest BCUT2D eigenvalue weighted by molar-refractivity contribution is -0.125. The predicted octanol–water partition coefficient (Wildman–Crippen LogP) is 3.83. The first-order chi connectivity index (χ1) is 12.4. The SMILES string of the molecule is C[C@H](NC(=O)COC(=O)c1cc(Cl)ccc1O)c1cc2ccccc2o1. The van der Waals surface area contributed by atoms with Crippen molar-refractivity contribution in [2.24, 2.45) is 0 Å². The molecule has 1 heterocycles. The lowest BCUT2D eigenvalue weighted by Gasteiger charge is -2.12. The number of nitrogens with one attached hydrogen (secondary N) is 1. The van der Waals surface area contributed by atoms with Gasteiger partial charge in [0, 0.05) is 10.4 Å². The van der Waals surface area contributed by atoms with Crippen molar-refractivity contribution in [2.45, 2.75) is 13.0 Å². The summed E-state index contributed by atoms with van der Waals surface area (Å²) in [6, 6.07) is 13.0. The highest BCUT2D eigenvalue weighted by atomic mass is 35.5. The number of hydrogen-bond acceptors (Lipinski definition) is 5. The number of fused-ring (bicyclic) bond motifs is 1. The highest BCUT2D eigenvalue weighted by Crippen LogP contribution is 2.24. The molecule has 134 valence electrons. The van der Waals surface area contributed by atoms with E-state index in [1.807, 2.05) is 30.3 Å². The summed E-state index contributed by atoms with van der Waals surface area (Å²) in [5.41, 5.74) is 0.627. The van der Waals surface area contributed by atoms with Gasteiger partial charge in [-0.15, -0.1) is 0 Å². The summed E-state index contributed by atoms with van der Waals surface area (Å²) < 4.78 is 10.6. The molecule has 2 aromatic carbocycles. The minimum absolute atomic E-state index is 0.101. The molecule has 1 aromatic heterocycles. The zero-order chi connectivity index (χ0) is 18.7. The molecule has 0 saturated heterocycles. The minimum Gasteiger partial charge on any atom is -0.507 e. The number of esters is 1. The van der Waals surface area contributed by atoms with Crippen molar-refractivity contribution in [1.29, 1.82) is 0 Å². The van der Waals surface area contributed by atoms with Crippen LogP contribution >= 0.6 is 11.6 Å². The Balaban J connectivity index is 1.58. The summed E-state index contributed by atoms with van der Waals surface area (Å²) in [5, 5.41) is 13.6. The third-order valence-corrected chi connectivity index (χ3v) is 4.00. The number of carbonyl (C=O) groups is 2. The number of furan rings is 1. The predicted molar refractivity (Wildman–Crippen MR) is 96.2 cm³/mol. The van der Waals surface area contributed by atoms with Crippen LogP contribution < -0.4 is 5.32 Å². The van der Waals surface area contributed by atoms with Crippen LogP contribution in [0.1, 0.15) is 29.1 Å². The fourth-order valence-electron chi connectivity index (χ4n) is 2.45. The van der Waals surface area contributed by atoms with Crippen LogP contribution in [0.2, 0.25) is 5.02 Å². The van der Waals surface area contributed by atoms with E-state index in [1.54, 1.807) is 6.92 Å². The summed E-state index contributed by atoms with van der Waals surface area (Å²) in [6.07, 6.45) is 0. The van der Waals surface area contributed by atoms with E-state index < -0.39 is 24.5 Å². The molecule has 0 spiro atoms. The standard InChI is InChI=1S/C19H16ClNO5/c1-11(17-8-12-4-2-3-5-16(12)26-17)21-18(23)10-25-19(24)14-9-13(20)6-7-15(14)22/h2-9,11,22H,10H2,1H3,(H,21,23)/t11-/m0/s1. The average molecular weight is 374 g/mol. The molecule has 0 aliphatic rings. The molecule has 0 aliphatic heterocycles. The highest BCUT2D eigenvalue weighted by molar-refractivity contribution is 6.31. The first kappa shape index (κ1) is 17.8. The summed E-state index contributed by atoms with van der Waals surface area (Å²) in [4.78, 5) is 24.0. The summed E-state index contributed by atoms with van der Waals surface area (Å²) in [7, 11) is 0. The Kier molecular flexibility index (Phi) is 5.14. The third kappa shape index (κ3) is 3.97. The van der Waals surface area contributed by atoms with Crippen molar-refractivity contribution in [2.75, 3.05) is 6.61 Å². The maximum absolute atomic E-state index is 12.0. The average Bonchev–Trinajstić information content (AvgIpc) is 3.06. The fraction of sp³-hybridized carbons (Fsp3) is 0.158. The molecule has 1 amide bonds. The highest BCUT2D eigenvalue weighted by Gasteiger charge is 2.18. The van der Waals surface area contributed by atoms with Crippen LogP contribution in [0.3, 0.4) is 0 Å². The number of carbonyl (C=O) groups excluding carboxylic acids is 2. The number of amides is 1. The van der Waals surface area contributed by atoms with E-state index in [4.69, 9.17) is 20.8 Å². The second kappa shape index (κ2) is 7.49. The Hall–Kier alpha value is -2.99. The third-order valence-electron chi connectivity index (χ3n) is 3.76. The number of hydrogen-bond donors (Lipinski definition) is 2. The Bertz CT molecular complexity index is 932. The maximum Gasteiger partial charge on any atom is 0.342 e. The van der Waals surface area contributed by atoms with Crippen LogP contribution in [0.15, 0.2) is 52.9 Å². The zero-order valence-corrected chi connectivity index (χ0v) is 14.6. The van der Waals surface area contributed by atoms with Crippen LogP contribution in [-0.2, 0) is 9.53 Å². The topological polar surface area (TPSA) is 88.8 Å². The molecule has 0 bridgehead atoms. The van der Waals surface area contributed by atoms with Gasteiger partial charge in [0.15, 0.2) is 6.61 Å². The Morgan fingerprint density at radius 2 is 2.00 bits per heavy atom. The van der Waals surface area contributed by atoms with E-state index >= 15 is 0 Å². The number of aromatic hydroxyl groups is 1. The molecule has 7 heteroatoms. The van der Waals surface area contributed by atoms with Gasteiger partial charge in [0.25, 0.3) is 5.91 Å². The second-order valence-electron chi connectivity index (χ2n) is 5.71. The molecule has 0 saturated carbocycles. The van der Waals surface area contributed by atoms with Crippen LogP contribution in [0.25, 0.3) is 11.0 Å². The molecule has 1 atom stereocenters. The van der Waals surface area contributed by atoms with E-state index in [1.165, 1.54) is 18.2 Å². The van der Waals surface area contributed by atoms with Crippen molar-refractivity contribution in [3.05, 3.63) is 64.9 Å². The summed E-state index contributed by atoms with van der Waals surface area (Å²) in [5.74, 6) is -1.00. The van der Waals surface area contributed by atoms with Gasteiger partial charge in [-0.05, 0) is 37.3 Å². The van der Waals surface area contributed by atoms with Crippen molar-refractivity contribution >= 4 is 34.4 Å². The molecule has 0 unspecified atom stereocenters. The lowest BCUT2D eigenvalue weighted by atomic mass is 10.2. The fourth-order valence-corrected chi connectivity index (χ4v) is 2.62. The molecule has 3 rings (SSSR count). The number of ether oxygens (including phenoxy) is 1. The molecule has 0 aliphatic carbocycles. The van der Waals surface area contributed by atoms with Crippen molar-refractivity contribution in [1.82, 2.24) is 5.32 Å². The first-order valence-electron chi connectivity index (χ1n) is 7.87. The van der Waals surface area contributed by atoms with E-state index in [0.717, 1.165) is 11.0 Å². The first-order valence-corrected chi connectivity index (χ1v) is 8.25.